The number of hydrogen-bond donors (Lipinski definition) is 4. The van der Waals surface area contributed by atoms with Gasteiger partial charge in [0.25, 0.3) is 0 Å². The molecule has 2 atom stereocenters. The Balaban J connectivity index is 1.73. The maximum absolute atomic E-state index is 12.6. The molecule has 25 heavy (non-hydrogen) atoms. The second-order valence-electron chi connectivity index (χ2n) is 6.55. The van der Waals surface area contributed by atoms with Gasteiger partial charge in [-0.1, -0.05) is 23.7 Å². The molecule has 1 aliphatic rings. The number of benzene rings is 2. The number of aromatic hydroxyl groups is 1. The molecule has 0 spiro atoms. The predicted octanol–water partition coefficient (Wildman–Crippen LogP) is 3.52. The van der Waals surface area contributed by atoms with E-state index in [0.717, 1.165) is 22.3 Å². The van der Waals surface area contributed by atoms with Gasteiger partial charge in [-0.05, 0) is 62.1 Å². The Bertz CT molecular complexity index is 799. The number of phenols is 1. The Kier molecular flexibility index (Phi) is 4.99. The molecular weight excluding hydrogens is 338 g/mol. The highest BCUT2D eigenvalue weighted by Gasteiger charge is 2.32. The van der Waals surface area contributed by atoms with E-state index in [1.165, 1.54) is 0 Å². The van der Waals surface area contributed by atoms with Crippen molar-refractivity contribution in [2.24, 2.45) is 0 Å². The molecule has 132 valence electrons. The van der Waals surface area contributed by atoms with Gasteiger partial charge in [0.05, 0.1) is 6.04 Å². The molecule has 1 amide bonds. The van der Waals surface area contributed by atoms with Crippen LogP contribution in [0.2, 0.25) is 5.02 Å². The van der Waals surface area contributed by atoms with E-state index >= 15 is 0 Å². The molecule has 0 aliphatic carbocycles. The highest BCUT2D eigenvalue weighted by Crippen LogP contribution is 2.33. The number of rotatable bonds is 3. The van der Waals surface area contributed by atoms with Crippen molar-refractivity contribution in [1.29, 1.82) is 0 Å². The molecule has 1 heterocycles. The van der Waals surface area contributed by atoms with Crippen LogP contribution in [0.1, 0.15) is 34.7 Å². The second-order valence-corrected chi connectivity index (χ2v) is 6.95. The van der Waals surface area contributed by atoms with Gasteiger partial charge in [0.1, 0.15) is 11.8 Å². The minimum atomic E-state index is -0.400. The molecule has 2 aromatic rings. The lowest BCUT2D eigenvalue weighted by Crippen LogP contribution is -2.39. The zero-order chi connectivity index (χ0) is 18.1. The quantitative estimate of drug-likeness (QED) is 0.676. The van der Waals surface area contributed by atoms with E-state index in [0.29, 0.717) is 17.1 Å². The van der Waals surface area contributed by atoms with Crippen LogP contribution in [-0.2, 0) is 4.79 Å². The number of carbonyl (C=O) groups is 1. The van der Waals surface area contributed by atoms with Gasteiger partial charge >= 0.3 is 0 Å². The number of aryl methyl sites for hydroxylation is 2. The lowest BCUT2D eigenvalue weighted by atomic mass is 9.95. The lowest BCUT2D eigenvalue weighted by molar-refractivity contribution is -0.117. The summed E-state index contributed by atoms with van der Waals surface area (Å²) in [4.78, 5) is 12.6. The molecule has 0 bridgehead atoms. The summed E-state index contributed by atoms with van der Waals surface area (Å²) < 4.78 is 0. The van der Waals surface area contributed by atoms with Crippen LogP contribution in [0.15, 0.2) is 30.3 Å². The SMILES string of the molecule is Cc1cc(C)c(C2CC(C(=O)Nc3cccc(Cl)c3C)NN2)c(O)c1. The maximum Gasteiger partial charge on any atom is 0.242 e. The fraction of sp³-hybridized carbons (Fsp3) is 0.316. The van der Waals surface area contributed by atoms with Gasteiger partial charge in [0.2, 0.25) is 5.91 Å². The Hall–Kier alpha value is -2.08. The van der Waals surface area contributed by atoms with E-state index in [-0.39, 0.29) is 17.7 Å². The standard InChI is InChI=1S/C19H22ClN3O2/c1-10-7-11(2)18(17(24)8-10)15-9-16(23-22-15)19(25)21-14-6-4-5-13(20)12(14)3/h4-8,15-16,22-24H,9H2,1-3H3,(H,21,25). The number of hydrazine groups is 1. The minimum Gasteiger partial charge on any atom is -0.508 e. The molecule has 1 aliphatic heterocycles. The number of amides is 1. The van der Waals surface area contributed by atoms with Gasteiger partial charge < -0.3 is 10.4 Å². The second kappa shape index (κ2) is 7.04. The molecule has 0 saturated carbocycles. The number of carbonyl (C=O) groups excluding carboxylic acids is 1. The van der Waals surface area contributed by atoms with E-state index in [4.69, 9.17) is 11.6 Å². The van der Waals surface area contributed by atoms with Gasteiger partial charge in [-0.15, -0.1) is 0 Å². The summed E-state index contributed by atoms with van der Waals surface area (Å²) in [7, 11) is 0. The molecule has 6 heteroatoms. The Morgan fingerprint density at radius 2 is 2.00 bits per heavy atom. The first-order chi connectivity index (χ1) is 11.9. The third-order valence-electron chi connectivity index (χ3n) is 4.60. The normalized spacial score (nSPS) is 19.8. The van der Waals surface area contributed by atoms with E-state index in [2.05, 4.69) is 16.2 Å². The maximum atomic E-state index is 12.6. The monoisotopic (exact) mass is 359 g/mol. The zero-order valence-electron chi connectivity index (χ0n) is 14.5. The van der Waals surface area contributed by atoms with E-state index in [1.807, 2.05) is 39.0 Å². The molecule has 0 radical (unpaired) electrons. The van der Waals surface area contributed by atoms with Crippen molar-refractivity contribution in [3.8, 4) is 5.75 Å². The summed E-state index contributed by atoms with van der Waals surface area (Å²) in [5, 5.41) is 13.8. The fourth-order valence-electron chi connectivity index (χ4n) is 3.29. The van der Waals surface area contributed by atoms with E-state index < -0.39 is 6.04 Å². The van der Waals surface area contributed by atoms with Crippen LogP contribution in [0.4, 0.5) is 5.69 Å². The third kappa shape index (κ3) is 3.63. The van der Waals surface area contributed by atoms with E-state index in [9.17, 15) is 9.90 Å². The molecular formula is C19H22ClN3O2. The number of halogens is 1. The van der Waals surface area contributed by atoms with Crippen LogP contribution in [0.5, 0.6) is 5.75 Å². The highest BCUT2D eigenvalue weighted by atomic mass is 35.5. The first-order valence-electron chi connectivity index (χ1n) is 8.24. The van der Waals surface area contributed by atoms with Crippen molar-refractivity contribution in [3.63, 3.8) is 0 Å². The minimum absolute atomic E-state index is 0.128. The van der Waals surface area contributed by atoms with Crippen molar-refractivity contribution >= 4 is 23.2 Å². The fourth-order valence-corrected chi connectivity index (χ4v) is 3.46. The van der Waals surface area contributed by atoms with Crippen molar-refractivity contribution in [2.75, 3.05) is 5.32 Å². The summed E-state index contributed by atoms with van der Waals surface area (Å²) in [5.74, 6) is 0.119. The first-order valence-corrected chi connectivity index (χ1v) is 8.61. The van der Waals surface area contributed by atoms with Crippen molar-refractivity contribution in [3.05, 3.63) is 57.6 Å². The lowest BCUT2D eigenvalue weighted by Gasteiger charge is -2.16. The molecule has 2 unspecified atom stereocenters. The number of phenolic OH excluding ortho intramolecular Hbond substituents is 1. The van der Waals surface area contributed by atoms with E-state index in [1.54, 1.807) is 12.1 Å². The summed E-state index contributed by atoms with van der Waals surface area (Å²) in [5.41, 5.74) is 10.5. The summed E-state index contributed by atoms with van der Waals surface area (Å²) in [6, 6.07) is 8.67. The van der Waals surface area contributed by atoms with Crippen molar-refractivity contribution in [1.82, 2.24) is 10.9 Å². The number of anilines is 1. The predicted molar refractivity (Wildman–Crippen MR) is 99.8 cm³/mol. The van der Waals surface area contributed by atoms with Crippen LogP contribution >= 0.6 is 11.6 Å². The van der Waals surface area contributed by atoms with Gasteiger partial charge in [-0.3, -0.25) is 4.79 Å². The molecule has 5 nitrogen and oxygen atoms in total. The topological polar surface area (TPSA) is 73.4 Å². The third-order valence-corrected chi connectivity index (χ3v) is 5.01. The zero-order valence-corrected chi connectivity index (χ0v) is 15.2. The summed E-state index contributed by atoms with van der Waals surface area (Å²) in [6.07, 6.45) is 0.545. The Morgan fingerprint density at radius 1 is 1.24 bits per heavy atom. The summed E-state index contributed by atoms with van der Waals surface area (Å²) in [6.45, 7) is 5.78. The number of nitrogens with one attached hydrogen (secondary N) is 3. The highest BCUT2D eigenvalue weighted by molar-refractivity contribution is 6.31. The van der Waals surface area contributed by atoms with Gasteiger partial charge in [-0.25, -0.2) is 10.9 Å². The smallest absolute Gasteiger partial charge is 0.242 e. The van der Waals surface area contributed by atoms with Crippen LogP contribution in [0.3, 0.4) is 0 Å². The molecule has 1 saturated heterocycles. The van der Waals surface area contributed by atoms with Crippen molar-refractivity contribution in [2.45, 2.75) is 39.3 Å². The Morgan fingerprint density at radius 3 is 2.72 bits per heavy atom. The van der Waals surface area contributed by atoms with Gasteiger partial charge in [-0.2, -0.15) is 0 Å². The summed E-state index contributed by atoms with van der Waals surface area (Å²) >= 11 is 6.10. The van der Waals surface area contributed by atoms with Gasteiger partial charge in [0, 0.05) is 16.3 Å². The van der Waals surface area contributed by atoms with Gasteiger partial charge in [0.15, 0.2) is 0 Å². The van der Waals surface area contributed by atoms with Crippen LogP contribution in [0.25, 0.3) is 0 Å². The molecule has 4 N–H and O–H groups in total. The van der Waals surface area contributed by atoms with Crippen LogP contribution in [-0.4, -0.2) is 17.1 Å². The van der Waals surface area contributed by atoms with Crippen LogP contribution in [0, 0.1) is 20.8 Å². The Labute approximate surface area is 152 Å². The first kappa shape index (κ1) is 17.7. The average Bonchev–Trinajstić information content (AvgIpc) is 3.00. The number of hydrogen-bond acceptors (Lipinski definition) is 4. The average molecular weight is 360 g/mol. The van der Waals surface area contributed by atoms with Crippen molar-refractivity contribution < 1.29 is 9.90 Å². The largest absolute Gasteiger partial charge is 0.508 e. The van der Waals surface area contributed by atoms with Crippen LogP contribution < -0.4 is 16.2 Å². The molecule has 0 aromatic heterocycles. The molecule has 1 fully saturated rings. The molecule has 2 aromatic carbocycles. The molecule has 3 rings (SSSR count).